The molecule has 0 spiro atoms. The van der Waals surface area contributed by atoms with Gasteiger partial charge in [-0.1, -0.05) is 83.0 Å². The second-order valence-corrected chi connectivity index (χ2v) is 8.88. The van der Waals surface area contributed by atoms with Crippen molar-refractivity contribution in [3.05, 3.63) is 54.4 Å². The lowest BCUT2D eigenvalue weighted by Gasteiger charge is -2.34. The normalized spacial score (nSPS) is 15.0. The minimum absolute atomic E-state index is 0.455. The van der Waals surface area contributed by atoms with Crippen molar-refractivity contribution in [1.29, 1.82) is 0 Å². The Hall–Kier alpha value is -0.260. The number of hydrogen-bond donors (Lipinski definition) is 0. The molecule has 0 saturated carbocycles. The van der Waals surface area contributed by atoms with Gasteiger partial charge in [0.2, 0.25) is 6.35 Å². The molecule has 3 nitrogen and oxygen atoms in total. The summed E-state index contributed by atoms with van der Waals surface area (Å²) in [6, 6.07) is 6.66. The van der Waals surface area contributed by atoms with E-state index in [-0.39, 0.29) is 0 Å². The minimum Gasteiger partial charge on any atom is -0.340 e. The van der Waals surface area contributed by atoms with E-state index in [1.165, 1.54) is 0 Å². The number of ether oxygens (including phenoxy) is 1. The van der Waals surface area contributed by atoms with Crippen molar-refractivity contribution in [2.24, 2.45) is 0 Å². The first-order chi connectivity index (χ1) is 13.3. The van der Waals surface area contributed by atoms with Crippen LogP contribution in [0.2, 0.25) is 30.1 Å². The van der Waals surface area contributed by atoms with Crippen LogP contribution in [0.15, 0.2) is 24.3 Å². The molecule has 3 rings (SSSR count). The van der Waals surface area contributed by atoms with Crippen molar-refractivity contribution in [3.63, 3.8) is 0 Å². The van der Waals surface area contributed by atoms with E-state index in [1.807, 2.05) is 9.80 Å². The highest BCUT2D eigenvalue weighted by Crippen LogP contribution is 2.44. The van der Waals surface area contributed by atoms with Crippen LogP contribution in [0.5, 0.6) is 0 Å². The molecule has 0 radical (unpaired) electrons. The van der Waals surface area contributed by atoms with Gasteiger partial charge in [0.25, 0.3) is 0 Å². The molecule has 0 N–H and O–H groups in total. The monoisotopic (exact) mass is 500 g/mol. The number of nitrogens with zero attached hydrogens (tertiary/aromatic N) is 2. The van der Waals surface area contributed by atoms with Crippen molar-refractivity contribution in [1.82, 2.24) is 0 Å². The summed E-state index contributed by atoms with van der Waals surface area (Å²) in [5, 5.41) is 2.77. The largest absolute Gasteiger partial charge is 0.340 e. The van der Waals surface area contributed by atoms with Gasteiger partial charge in [-0.15, -0.1) is 0 Å². The highest BCUT2D eigenvalue weighted by atomic mass is 35.5. The Morgan fingerprint density at radius 2 is 1.18 bits per heavy atom. The van der Waals surface area contributed by atoms with Gasteiger partial charge in [-0.2, -0.15) is 0 Å². The van der Waals surface area contributed by atoms with E-state index in [1.54, 1.807) is 24.3 Å². The second-order valence-electron chi connectivity index (χ2n) is 6.37. The maximum Gasteiger partial charge on any atom is 0.210 e. The van der Waals surface area contributed by atoms with Crippen LogP contribution in [0.25, 0.3) is 0 Å². The summed E-state index contributed by atoms with van der Waals surface area (Å²) in [5.74, 6) is 0. The van der Waals surface area contributed by atoms with Crippen LogP contribution in [0.3, 0.4) is 0 Å². The average molecular weight is 503 g/mol. The third-order valence-electron chi connectivity index (χ3n) is 4.42. The predicted molar refractivity (Wildman–Crippen MR) is 122 cm³/mol. The number of unbranched alkanes of at least 4 members (excludes halogenated alkanes) is 1. The molecular formula is C19H18Cl6N2O. The number of benzene rings is 2. The molecule has 0 aromatic heterocycles. The summed E-state index contributed by atoms with van der Waals surface area (Å²) in [5.41, 5.74) is 1.33. The molecular weight excluding hydrogens is 485 g/mol. The van der Waals surface area contributed by atoms with Crippen LogP contribution in [0.4, 0.5) is 11.4 Å². The second kappa shape index (κ2) is 9.70. The molecule has 1 fully saturated rings. The van der Waals surface area contributed by atoms with Gasteiger partial charge >= 0.3 is 0 Å². The van der Waals surface area contributed by atoms with Gasteiger partial charge in [-0.25, -0.2) is 0 Å². The number of halogens is 6. The molecule has 0 amide bonds. The SMILES string of the molecule is CCCCOC1N(c2c(Cl)cc(Cl)cc2Cl)CCN1c1c(Cl)cc(Cl)cc1Cl. The topological polar surface area (TPSA) is 15.7 Å². The Bertz CT molecular complexity index is 751. The third kappa shape index (κ3) is 4.73. The van der Waals surface area contributed by atoms with Crippen LogP contribution in [-0.2, 0) is 4.74 Å². The standard InChI is InChI=1S/C19H18Cl6N2O/c1-2-3-6-28-19-26(17-13(22)7-11(20)8-14(17)23)4-5-27(19)18-15(24)9-12(21)10-16(18)25/h7-10,19H,2-6H2,1H3. The first-order valence-corrected chi connectivity index (χ1v) is 11.0. The Morgan fingerprint density at radius 1 is 0.786 bits per heavy atom. The van der Waals surface area contributed by atoms with Gasteiger partial charge in [0.15, 0.2) is 0 Å². The Kier molecular flexibility index (Phi) is 7.77. The summed E-state index contributed by atoms with van der Waals surface area (Å²) in [4.78, 5) is 4.00. The summed E-state index contributed by atoms with van der Waals surface area (Å²) in [6.45, 7) is 3.91. The van der Waals surface area contributed by atoms with E-state index in [2.05, 4.69) is 6.92 Å². The van der Waals surface area contributed by atoms with Gasteiger partial charge in [-0.3, -0.25) is 0 Å². The third-order valence-corrected chi connectivity index (χ3v) is 6.01. The first-order valence-electron chi connectivity index (χ1n) is 8.77. The molecule has 152 valence electrons. The lowest BCUT2D eigenvalue weighted by Crippen LogP contribution is -2.42. The fourth-order valence-corrected chi connectivity index (χ4v) is 5.25. The fraction of sp³-hybridized carbons (Fsp3) is 0.368. The van der Waals surface area contributed by atoms with Gasteiger partial charge < -0.3 is 14.5 Å². The molecule has 1 aliphatic rings. The molecule has 1 heterocycles. The van der Waals surface area contributed by atoms with Gasteiger partial charge in [0.05, 0.1) is 38.1 Å². The lowest BCUT2D eigenvalue weighted by atomic mass is 10.3. The summed E-state index contributed by atoms with van der Waals surface area (Å²) in [7, 11) is 0. The molecule has 28 heavy (non-hydrogen) atoms. The number of hydrogen-bond acceptors (Lipinski definition) is 3. The zero-order valence-corrected chi connectivity index (χ0v) is 19.5. The molecule has 2 aromatic carbocycles. The Labute approximate surface area is 194 Å². The zero-order chi connectivity index (χ0) is 20.4. The molecule has 1 aliphatic heterocycles. The summed E-state index contributed by atoms with van der Waals surface area (Å²) < 4.78 is 6.21. The highest BCUT2D eigenvalue weighted by Gasteiger charge is 2.37. The van der Waals surface area contributed by atoms with Gasteiger partial charge in [-0.05, 0) is 30.7 Å². The van der Waals surface area contributed by atoms with Crippen LogP contribution >= 0.6 is 69.6 Å². The van der Waals surface area contributed by atoms with Crippen molar-refractivity contribution in [2.75, 3.05) is 29.5 Å². The van der Waals surface area contributed by atoms with Crippen molar-refractivity contribution in [3.8, 4) is 0 Å². The molecule has 0 aliphatic carbocycles. The molecule has 0 unspecified atom stereocenters. The van der Waals surface area contributed by atoms with E-state index >= 15 is 0 Å². The van der Waals surface area contributed by atoms with Crippen LogP contribution in [0, 0.1) is 0 Å². The summed E-state index contributed by atoms with van der Waals surface area (Å²) in [6.07, 6.45) is 1.46. The first kappa shape index (κ1) is 22.4. The number of anilines is 2. The highest BCUT2D eigenvalue weighted by molar-refractivity contribution is 6.42. The van der Waals surface area contributed by atoms with Crippen molar-refractivity contribution >= 4 is 81.0 Å². The van der Waals surface area contributed by atoms with Crippen molar-refractivity contribution < 1.29 is 4.74 Å². The van der Waals surface area contributed by atoms with E-state index in [9.17, 15) is 0 Å². The maximum atomic E-state index is 6.46. The van der Waals surface area contributed by atoms with E-state index < -0.39 is 6.35 Å². The smallest absolute Gasteiger partial charge is 0.210 e. The van der Waals surface area contributed by atoms with E-state index in [4.69, 9.17) is 74.3 Å². The van der Waals surface area contributed by atoms with Crippen molar-refractivity contribution in [2.45, 2.75) is 26.1 Å². The molecule has 1 saturated heterocycles. The Balaban J connectivity index is 2.02. The minimum atomic E-state index is -0.473. The van der Waals surface area contributed by atoms with Crippen LogP contribution in [-0.4, -0.2) is 26.0 Å². The quantitative estimate of drug-likeness (QED) is 0.372. The maximum absolute atomic E-state index is 6.46. The molecule has 9 heteroatoms. The van der Waals surface area contributed by atoms with Crippen LogP contribution in [0.1, 0.15) is 19.8 Å². The average Bonchev–Trinajstić information content (AvgIpc) is 2.97. The molecule has 0 bridgehead atoms. The Morgan fingerprint density at radius 3 is 1.54 bits per heavy atom. The van der Waals surface area contributed by atoms with Gasteiger partial charge in [0.1, 0.15) is 0 Å². The van der Waals surface area contributed by atoms with Gasteiger partial charge in [0, 0.05) is 23.1 Å². The molecule has 2 aromatic rings. The predicted octanol–water partition coefficient (Wildman–Crippen LogP) is 8.03. The zero-order valence-electron chi connectivity index (χ0n) is 15.0. The van der Waals surface area contributed by atoms with E-state index in [0.717, 1.165) is 12.8 Å². The lowest BCUT2D eigenvalue weighted by molar-refractivity contribution is 0.0608. The fourth-order valence-electron chi connectivity index (χ4n) is 3.18. The number of rotatable bonds is 6. The molecule has 0 atom stereocenters. The van der Waals surface area contributed by atoms with E-state index in [0.29, 0.717) is 61.2 Å². The van der Waals surface area contributed by atoms with Crippen LogP contribution < -0.4 is 9.80 Å². The summed E-state index contributed by atoms with van der Waals surface area (Å²) >= 11 is 38.0.